The lowest BCUT2D eigenvalue weighted by Gasteiger charge is -2.22. The predicted molar refractivity (Wildman–Crippen MR) is 137 cm³/mol. The van der Waals surface area contributed by atoms with Crippen molar-refractivity contribution in [2.45, 2.75) is 6.92 Å². The number of anilines is 1. The van der Waals surface area contributed by atoms with Crippen molar-refractivity contribution >= 4 is 29.0 Å². The lowest BCUT2D eigenvalue weighted by atomic mass is 9.85. The molecule has 3 aromatic carbocycles. The maximum Gasteiger partial charge on any atom is 0.338 e. The average Bonchev–Trinajstić information content (AvgIpc) is 3.54. The molecule has 5 heteroatoms. The molecule has 0 unspecified atom stereocenters. The molecule has 0 spiro atoms. The van der Waals surface area contributed by atoms with Gasteiger partial charge in [-0.3, -0.25) is 9.59 Å². The number of hydrogen-bond donors (Lipinski definition) is 0. The van der Waals surface area contributed by atoms with Gasteiger partial charge in [-0.2, -0.15) is 0 Å². The van der Waals surface area contributed by atoms with E-state index >= 15 is 0 Å². The molecule has 0 radical (unpaired) electrons. The third kappa shape index (κ3) is 3.34. The van der Waals surface area contributed by atoms with Crippen LogP contribution in [0.3, 0.4) is 0 Å². The Balaban J connectivity index is 1.42. The summed E-state index contributed by atoms with van der Waals surface area (Å²) in [4.78, 5) is 41.1. The van der Waals surface area contributed by atoms with Gasteiger partial charge < -0.3 is 4.74 Å². The van der Waals surface area contributed by atoms with E-state index in [0.717, 1.165) is 22.3 Å². The number of rotatable bonds is 5. The van der Waals surface area contributed by atoms with Gasteiger partial charge in [-0.15, -0.1) is 0 Å². The highest BCUT2D eigenvalue weighted by molar-refractivity contribution is 6.23. The maximum atomic E-state index is 13.8. The van der Waals surface area contributed by atoms with Crippen LogP contribution in [0, 0.1) is 23.7 Å². The highest BCUT2D eigenvalue weighted by Crippen LogP contribution is 2.58. The predicted octanol–water partition coefficient (Wildman–Crippen LogP) is 5.29. The Labute approximate surface area is 209 Å². The number of nitrogens with zero attached hydrogens (tertiary/aromatic N) is 1. The summed E-state index contributed by atoms with van der Waals surface area (Å²) in [6.07, 6.45) is 4.19. The largest absolute Gasteiger partial charge is 0.462 e. The number of allylic oxidation sites excluding steroid dienone is 3. The molecule has 5 nitrogen and oxygen atoms in total. The van der Waals surface area contributed by atoms with Crippen LogP contribution in [0.2, 0.25) is 0 Å². The van der Waals surface area contributed by atoms with E-state index in [1.807, 2.05) is 36.4 Å². The van der Waals surface area contributed by atoms with Gasteiger partial charge in [0.15, 0.2) is 0 Å². The Morgan fingerprint density at radius 1 is 0.750 bits per heavy atom. The summed E-state index contributed by atoms with van der Waals surface area (Å²) in [7, 11) is 0. The van der Waals surface area contributed by atoms with Gasteiger partial charge in [-0.05, 0) is 47.4 Å². The van der Waals surface area contributed by atoms with Crippen molar-refractivity contribution in [1.82, 2.24) is 0 Å². The molecule has 1 saturated heterocycles. The molecule has 1 aliphatic heterocycles. The van der Waals surface area contributed by atoms with Gasteiger partial charge in [0.2, 0.25) is 11.8 Å². The molecule has 36 heavy (non-hydrogen) atoms. The van der Waals surface area contributed by atoms with Crippen LogP contribution < -0.4 is 4.90 Å². The minimum atomic E-state index is -0.471. The number of esters is 1. The molecule has 3 aromatic rings. The normalized spacial score (nSPS) is 23.8. The number of amides is 2. The Kier molecular flexibility index (Phi) is 5.41. The summed E-state index contributed by atoms with van der Waals surface area (Å²) in [5, 5.41) is 0. The third-order valence-electron chi connectivity index (χ3n) is 7.44. The van der Waals surface area contributed by atoms with Crippen LogP contribution in [0.5, 0.6) is 0 Å². The second kappa shape index (κ2) is 8.76. The van der Waals surface area contributed by atoms with Gasteiger partial charge in [0, 0.05) is 11.8 Å². The first-order valence-corrected chi connectivity index (χ1v) is 12.3. The zero-order valence-corrected chi connectivity index (χ0v) is 19.8. The number of carbonyl (C=O) groups excluding carboxylic acids is 3. The van der Waals surface area contributed by atoms with Gasteiger partial charge in [-0.25, -0.2) is 9.69 Å². The first-order valence-electron chi connectivity index (χ1n) is 12.3. The highest BCUT2D eigenvalue weighted by atomic mass is 16.5. The number of ether oxygens (including phenoxy) is 1. The number of carbonyl (C=O) groups is 3. The highest BCUT2D eigenvalue weighted by Gasteiger charge is 2.62. The average molecular weight is 476 g/mol. The van der Waals surface area contributed by atoms with Crippen molar-refractivity contribution in [3.63, 3.8) is 0 Å². The smallest absolute Gasteiger partial charge is 0.338 e. The first kappa shape index (κ1) is 22.2. The summed E-state index contributed by atoms with van der Waals surface area (Å²) in [5.74, 6) is -2.08. The van der Waals surface area contributed by atoms with Crippen molar-refractivity contribution < 1.29 is 19.1 Å². The minimum absolute atomic E-state index is 0.148. The molecule has 3 aliphatic rings. The van der Waals surface area contributed by atoms with Gasteiger partial charge in [-0.1, -0.05) is 78.9 Å². The van der Waals surface area contributed by atoms with Gasteiger partial charge >= 0.3 is 5.97 Å². The summed E-state index contributed by atoms with van der Waals surface area (Å²) >= 11 is 0. The SMILES string of the molecule is CCOC(=O)c1cccc(N2C(=O)[C@@H]3[C@H](C2=O)[C@@H]2C=C[C@H]3C2=C(c2ccccc2)c2ccccc2)c1. The van der Waals surface area contributed by atoms with E-state index in [1.54, 1.807) is 31.2 Å². The molecule has 0 N–H and O–H groups in total. The Bertz CT molecular complexity index is 1350. The number of fused-ring (bicyclic) bond motifs is 5. The summed E-state index contributed by atoms with van der Waals surface area (Å²) in [6, 6.07) is 26.9. The molecule has 2 bridgehead atoms. The van der Waals surface area contributed by atoms with Crippen LogP contribution in [-0.4, -0.2) is 24.4 Å². The van der Waals surface area contributed by atoms with E-state index in [9.17, 15) is 14.4 Å². The fourth-order valence-corrected chi connectivity index (χ4v) is 6.05. The van der Waals surface area contributed by atoms with Crippen LogP contribution in [0.4, 0.5) is 5.69 Å². The number of hydrogen-bond acceptors (Lipinski definition) is 4. The second-order valence-electron chi connectivity index (χ2n) is 9.33. The molecular weight excluding hydrogens is 450 g/mol. The van der Waals surface area contributed by atoms with Crippen molar-refractivity contribution in [1.29, 1.82) is 0 Å². The van der Waals surface area contributed by atoms with E-state index in [-0.39, 0.29) is 30.3 Å². The van der Waals surface area contributed by atoms with E-state index in [1.165, 1.54) is 4.90 Å². The Hall–Kier alpha value is -4.25. The monoisotopic (exact) mass is 475 g/mol. The van der Waals surface area contributed by atoms with Gasteiger partial charge in [0.05, 0.1) is 29.7 Å². The van der Waals surface area contributed by atoms with Gasteiger partial charge in [0.25, 0.3) is 0 Å². The van der Waals surface area contributed by atoms with Crippen molar-refractivity contribution in [3.8, 4) is 0 Å². The fraction of sp³-hybridized carbons (Fsp3) is 0.194. The molecule has 2 aliphatic carbocycles. The third-order valence-corrected chi connectivity index (χ3v) is 7.44. The summed E-state index contributed by atoms with van der Waals surface area (Å²) in [6.45, 7) is 1.99. The topological polar surface area (TPSA) is 63.7 Å². The van der Waals surface area contributed by atoms with Crippen molar-refractivity contribution in [2.24, 2.45) is 23.7 Å². The number of benzene rings is 3. The molecule has 0 aromatic heterocycles. The molecule has 4 atom stereocenters. The van der Waals surface area contributed by atoms with Crippen LogP contribution in [0.25, 0.3) is 5.57 Å². The molecule has 1 saturated carbocycles. The van der Waals surface area contributed by atoms with E-state index in [4.69, 9.17) is 4.74 Å². The molecule has 2 amide bonds. The summed E-state index contributed by atoms with van der Waals surface area (Å²) < 4.78 is 5.10. The lowest BCUT2D eigenvalue weighted by molar-refractivity contribution is -0.122. The minimum Gasteiger partial charge on any atom is -0.462 e. The molecule has 6 rings (SSSR count). The standard InChI is InChI=1S/C31H25NO4/c1-2-36-31(35)21-14-9-15-22(18-21)32-29(33)27-23-16-17-24(28(27)30(32)34)26(23)25(19-10-5-3-6-11-19)20-12-7-4-8-13-20/h3-18,23-24,27-28H,2H2,1H3/t23-,24+,27-,28+. The van der Waals surface area contributed by atoms with Crippen LogP contribution in [0.1, 0.15) is 28.4 Å². The van der Waals surface area contributed by atoms with E-state index in [2.05, 4.69) is 36.4 Å². The van der Waals surface area contributed by atoms with Crippen molar-refractivity contribution in [3.05, 3.63) is 119 Å². The molecule has 178 valence electrons. The van der Waals surface area contributed by atoms with Crippen LogP contribution in [-0.2, 0) is 14.3 Å². The van der Waals surface area contributed by atoms with E-state index < -0.39 is 17.8 Å². The maximum absolute atomic E-state index is 13.8. The van der Waals surface area contributed by atoms with Crippen LogP contribution in [0.15, 0.2) is 103 Å². The van der Waals surface area contributed by atoms with E-state index in [0.29, 0.717) is 11.3 Å². The van der Waals surface area contributed by atoms with Gasteiger partial charge in [0.1, 0.15) is 0 Å². The molecule has 1 heterocycles. The van der Waals surface area contributed by atoms with Crippen molar-refractivity contribution in [2.75, 3.05) is 11.5 Å². The Morgan fingerprint density at radius 3 is 1.81 bits per heavy atom. The molecule has 2 fully saturated rings. The second-order valence-corrected chi connectivity index (χ2v) is 9.33. The Morgan fingerprint density at radius 2 is 1.28 bits per heavy atom. The zero-order chi connectivity index (χ0) is 24.8. The van der Waals surface area contributed by atoms with Crippen LogP contribution >= 0.6 is 0 Å². The summed E-state index contributed by atoms with van der Waals surface area (Å²) in [5.41, 5.74) is 5.14. The molecular formula is C31H25NO4. The zero-order valence-electron chi connectivity index (χ0n) is 19.8. The lowest BCUT2D eigenvalue weighted by Crippen LogP contribution is -2.33. The first-order chi connectivity index (χ1) is 17.6. The fourth-order valence-electron chi connectivity index (χ4n) is 6.05. The number of imide groups is 1. The quantitative estimate of drug-likeness (QED) is 0.286.